The summed E-state index contributed by atoms with van der Waals surface area (Å²) in [6.45, 7) is 7.97. The van der Waals surface area contributed by atoms with E-state index in [4.69, 9.17) is 27.9 Å². The van der Waals surface area contributed by atoms with Crippen LogP contribution in [-0.2, 0) is 6.54 Å². The molecule has 0 atom stereocenters. The Balaban J connectivity index is 2.45. The molecule has 5 nitrogen and oxygen atoms in total. The molecule has 3 rings (SSSR count). The molecule has 0 aliphatic rings. The van der Waals surface area contributed by atoms with E-state index in [-0.39, 0.29) is 10.6 Å². The van der Waals surface area contributed by atoms with E-state index >= 15 is 0 Å². The lowest BCUT2D eigenvalue weighted by Crippen LogP contribution is -2.25. The highest BCUT2D eigenvalue weighted by atomic mass is 35.5. The van der Waals surface area contributed by atoms with Crippen molar-refractivity contribution < 1.29 is 14.6 Å². The first-order valence-electron chi connectivity index (χ1n) is 9.74. The summed E-state index contributed by atoms with van der Waals surface area (Å²) < 4.78 is 7.26. The topological polar surface area (TPSA) is 68.5 Å². The van der Waals surface area contributed by atoms with Gasteiger partial charge in [-0.25, -0.2) is 4.79 Å². The maximum absolute atomic E-state index is 13.5. The summed E-state index contributed by atoms with van der Waals surface area (Å²) in [7, 11) is 1.60. The lowest BCUT2D eigenvalue weighted by Gasteiger charge is -2.22. The molecule has 1 aromatic heterocycles. The standard InChI is InChI=1S/C24H23Cl2NO4/c1-6-27-14(4)19(16-9-12(2)23(31-5)13(3)10-16)22(28)20(24(29)30)21(27)15-7-8-17(25)18(26)11-15/h7-11H,6H2,1-5H3,(H,29,30). The fourth-order valence-electron chi connectivity index (χ4n) is 4.13. The second-order valence-corrected chi connectivity index (χ2v) is 8.15. The van der Waals surface area contributed by atoms with Crippen LogP contribution in [0.25, 0.3) is 22.4 Å². The molecule has 0 aliphatic carbocycles. The van der Waals surface area contributed by atoms with Crippen LogP contribution in [0.3, 0.4) is 0 Å². The van der Waals surface area contributed by atoms with E-state index in [9.17, 15) is 14.7 Å². The molecule has 7 heteroatoms. The van der Waals surface area contributed by atoms with Gasteiger partial charge in [0.25, 0.3) is 0 Å². The Morgan fingerprint density at radius 3 is 2.13 bits per heavy atom. The fourth-order valence-corrected chi connectivity index (χ4v) is 4.43. The molecule has 0 aliphatic heterocycles. The first-order valence-corrected chi connectivity index (χ1v) is 10.5. The van der Waals surface area contributed by atoms with Crippen LogP contribution in [0.1, 0.15) is 34.1 Å². The second kappa shape index (κ2) is 8.77. The number of pyridine rings is 1. The number of carbonyl (C=O) groups is 1. The van der Waals surface area contributed by atoms with E-state index < -0.39 is 11.4 Å². The summed E-state index contributed by atoms with van der Waals surface area (Å²) >= 11 is 12.2. The largest absolute Gasteiger partial charge is 0.496 e. The van der Waals surface area contributed by atoms with Gasteiger partial charge in [-0.2, -0.15) is 0 Å². The van der Waals surface area contributed by atoms with E-state index in [1.165, 1.54) is 0 Å². The van der Waals surface area contributed by atoms with E-state index in [2.05, 4.69) is 0 Å². The third kappa shape index (κ3) is 3.95. The van der Waals surface area contributed by atoms with Crippen molar-refractivity contribution in [2.24, 2.45) is 0 Å². The van der Waals surface area contributed by atoms with Gasteiger partial charge in [0.15, 0.2) is 0 Å². The van der Waals surface area contributed by atoms with Gasteiger partial charge in [-0.05, 0) is 68.7 Å². The molecule has 3 aromatic rings. The number of methoxy groups -OCH3 is 1. The highest BCUT2D eigenvalue weighted by molar-refractivity contribution is 6.42. The Kier molecular flexibility index (Phi) is 6.48. The maximum atomic E-state index is 13.5. The molecular formula is C24H23Cl2NO4. The van der Waals surface area contributed by atoms with E-state index in [0.717, 1.165) is 16.9 Å². The Bertz CT molecular complexity index is 1240. The number of halogens is 2. The molecule has 1 heterocycles. The molecule has 0 fully saturated rings. The van der Waals surface area contributed by atoms with Gasteiger partial charge in [-0.15, -0.1) is 0 Å². The summed E-state index contributed by atoms with van der Waals surface area (Å²) in [5.41, 5.74) is 3.40. The Morgan fingerprint density at radius 1 is 1.03 bits per heavy atom. The Morgan fingerprint density at radius 2 is 1.65 bits per heavy atom. The van der Waals surface area contributed by atoms with E-state index in [0.29, 0.717) is 39.6 Å². The normalized spacial score (nSPS) is 10.9. The van der Waals surface area contributed by atoms with Crippen LogP contribution in [-0.4, -0.2) is 22.8 Å². The molecule has 0 saturated carbocycles. The first kappa shape index (κ1) is 22.9. The molecule has 1 N–H and O–H groups in total. The number of aromatic nitrogens is 1. The molecule has 0 radical (unpaired) electrons. The smallest absolute Gasteiger partial charge is 0.341 e. The quantitative estimate of drug-likeness (QED) is 0.497. The van der Waals surface area contributed by atoms with Crippen LogP contribution < -0.4 is 10.2 Å². The SMILES string of the molecule is CCn1c(C)c(-c2cc(C)c(OC)c(C)c2)c(=O)c(C(=O)O)c1-c1ccc(Cl)c(Cl)c1. The van der Waals surface area contributed by atoms with Crippen molar-refractivity contribution >= 4 is 29.2 Å². The van der Waals surface area contributed by atoms with Crippen LogP contribution in [0.2, 0.25) is 10.0 Å². The van der Waals surface area contributed by atoms with Gasteiger partial charge in [0, 0.05) is 23.4 Å². The minimum atomic E-state index is -1.29. The Labute approximate surface area is 190 Å². The van der Waals surface area contributed by atoms with Crippen molar-refractivity contribution in [3.63, 3.8) is 0 Å². The number of carboxylic acids is 1. The number of carboxylic acid groups (broad SMARTS) is 1. The number of ether oxygens (including phenoxy) is 1. The van der Waals surface area contributed by atoms with Crippen molar-refractivity contribution in [1.29, 1.82) is 0 Å². The monoisotopic (exact) mass is 459 g/mol. The van der Waals surface area contributed by atoms with Crippen molar-refractivity contribution in [3.8, 4) is 28.1 Å². The van der Waals surface area contributed by atoms with Crippen LogP contribution in [0.15, 0.2) is 35.1 Å². The van der Waals surface area contributed by atoms with Crippen molar-refractivity contribution in [2.45, 2.75) is 34.2 Å². The third-order valence-corrected chi connectivity index (χ3v) is 6.14. The zero-order valence-electron chi connectivity index (χ0n) is 18.0. The molecule has 0 spiro atoms. The number of aromatic carboxylic acids is 1. The molecule has 162 valence electrons. The van der Waals surface area contributed by atoms with Gasteiger partial charge in [0.2, 0.25) is 5.43 Å². The van der Waals surface area contributed by atoms with Crippen molar-refractivity contribution in [1.82, 2.24) is 4.57 Å². The second-order valence-electron chi connectivity index (χ2n) is 7.33. The molecule has 0 bridgehead atoms. The molecular weight excluding hydrogens is 437 g/mol. The number of rotatable bonds is 5. The van der Waals surface area contributed by atoms with Gasteiger partial charge in [-0.3, -0.25) is 4.79 Å². The van der Waals surface area contributed by atoms with Gasteiger partial charge in [-0.1, -0.05) is 29.3 Å². The fraction of sp³-hybridized carbons (Fsp3) is 0.250. The van der Waals surface area contributed by atoms with Gasteiger partial charge in [0.1, 0.15) is 11.3 Å². The summed E-state index contributed by atoms with van der Waals surface area (Å²) in [4.78, 5) is 25.8. The highest BCUT2D eigenvalue weighted by Crippen LogP contribution is 2.35. The van der Waals surface area contributed by atoms with Crippen LogP contribution in [0, 0.1) is 20.8 Å². The number of nitrogens with zero attached hydrogens (tertiary/aromatic N) is 1. The van der Waals surface area contributed by atoms with Gasteiger partial charge >= 0.3 is 5.97 Å². The summed E-state index contributed by atoms with van der Waals surface area (Å²) in [6, 6.07) is 8.54. The number of aryl methyl sites for hydroxylation is 2. The predicted molar refractivity (Wildman–Crippen MR) is 125 cm³/mol. The van der Waals surface area contributed by atoms with E-state index in [1.807, 2.05) is 44.4 Å². The molecule has 0 saturated heterocycles. The number of hydrogen-bond acceptors (Lipinski definition) is 3. The summed E-state index contributed by atoms with van der Waals surface area (Å²) in [6.07, 6.45) is 0. The zero-order valence-corrected chi connectivity index (χ0v) is 19.5. The third-order valence-electron chi connectivity index (χ3n) is 5.40. The Hall–Kier alpha value is -2.76. The minimum Gasteiger partial charge on any atom is -0.496 e. The van der Waals surface area contributed by atoms with Crippen LogP contribution in [0.4, 0.5) is 0 Å². The summed E-state index contributed by atoms with van der Waals surface area (Å²) in [5.74, 6) is -0.556. The highest BCUT2D eigenvalue weighted by Gasteiger charge is 2.26. The lowest BCUT2D eigenvalue weighted by molar-refractivity contribution is 0.0695. The number of benzene rings is 2. The molecule has 0 amide bonds. The molecule has 31 heavy (non-hydrogen) atoms. The molecule has 2 aromatic carbocycles. The average Bonchev–Trinajstić information content (AvgIpc) is 2.69. The van der Waals surface area contributed by atoms with Crippen molar-refractivity contribution in [3.05, 3.63) is 73.0 Å². The lowest BCUT2D eigenvalue weighted by atomic mass is 9.94. The summed E-state index contributed by atoms with van der Waals surface area (Å²) in [5, 5.41) is 10.7. The van der Waals surface area contributed by atoms with Crippen LogP contribution >= 0.6 is 23.2 Å². The van der Waals surface area contributed by atoms with Crippen molar-refractivity contribution in [2.75, 3.05) is 7.11 Å². The first-order chi connectivity index (χ1) is 14.6. The number of hydrogen-bond donors (Lipinski definition) is 1. The van der Waals surface area contributed by atoms with Crippen LogP contribution in [0.5, 0.6) is 5.75 Å². The zero-order chi connectivity index (χ0) is 23.0. The predicted octanol–water partition coefficient (Wildman–Crippen LogP) is 6.14. The average molecular weight is 460 g/mol. The molecule has 0 unspecified atom stereocenters. The van der Waals surface area contributed by atoms with Gasteiger partial charge < -0.3 is 14.4 Å². The van der Waals surface area contributed by atoms with Gasteiger partial charge in [0.05, 0.1) is 22.8 Å². The van der Waals surface area contributed by atoms with E-state index in [1.54, 1.807) is 25.3 Å². The minimum absolute atomic E-state index is 0.286. The maximum Gasteiger partial charge on any atom is 0.341 e.